The van der Waals surface area contributed by atoms with E-state index in [1.807, 2.05) is 0 Å². The predicted molar refractivity (Wildman–Crippen MR) is 62.7 cm³/mol. The van der Waals surface area contributed by atoms with Crippen molar-refractivity contribution in [1.82, 2.24) is 0 Å². The highest BCUT2D eigenvalue weighted by Crippen LogP contribution is 2.24. The van der Waals surface area contributed by atoms with Crippen molar-refractivity contribution in [2.45, 2.75) is 6.42 Å². The zero-order valence-corrected chi connectivity index (χ0v) is 9.46. The van der Waals surface area contributed by atoms with Gasteiger partial charge in [-0.1, -0.05) is 29.3 Å². The van der Waals surface area contributed by atoms with Gasteiger partial charge < -0.3 is 5.11 Å². The Bertz CT molecular complexity index is 524. The summed E-state index contributed by atoms with van der Waals surface area (Å²) in [5.74, 6) is -1.07. The normalized spacial score (nSPS) is 14.6. The fourth-order valence-electron chi connectivity index (χ4n) is 1.34. The van der Waals surface area contributed by atoms with Crippen LogP contribution in [-0.2, 0) is 4.79 Å². The molecule has 0 saturated carbocycles. The molecule has 6 heteroatoms. The maximum absolute atomic E-state index is 10.7. The number of hydrogen-bond donors (Lipinski definition) is 1. The van der Waals surface area contributed by atoms with E-state index in [0.717, 1.165) is 0 Å². The molecule has 0 fully saturated rings. The summed E-state index contributed by atoms with van der Waals surface area (Å²) in [4.78, 5) is 10.7. The number of nitrogens with zero attached hydrogens (tertiary/aromatic N) is 2. The second-order valence-electron chi connectivity index (χ2n) is 3.20. The SMILES string of the molecule is O=C(O)C1=NN=C(c2ccc(Cl)cc2Cl)C1. The van der Waals surface area contributed by atoms with Crippen molar-refractivity contribution >= 4 is 40.6 Å². The number of carboxylic acids is 1. The molecule has 4 nitrogen and oxygen atoms in total. The van der Waals surface area contributed by atoms with Crippen LogP contribution in [-0.4, -0.2) is 22.5 Å². The Balaban J connectivity index is 2.26. The average molecular weight is 257 g/mol. The van der Waals surface area contributed by atoms with Gasteiger partial charge in [0.2, 0.25) is 0 Å². The quantitative estimate of drug-likeness (QED) is 0.885. The van der Waals surface area contributed by atoms with Crippen LogP contribution in [0, 0.1) is 0 Å². The lowest BCUT2D eigenvalue weighted by Crippen LogP contribution is -2.13. The topological polar surface area (TPSA) is 62.0 Å². The summed E-state index contributed by atoms with van der Waals surface area (Å²) in [6, 6.07) is 4.95. The fraction of sp³-hybridized carbons (Fsp3) is 0.100. The van der Waals surface area contributed by atoms with E-state index in [1.165, 1.54) is 0 Å². The van der Waals surface area contributed by atoms with Crippen molar-refractivity contribution in [2.24, 2.45) is 10.2 Å². The van der Waals surface area contributed by atoms with Crippen LogP contribution in [0.5, 0.6) is 0 Å². The lowest BCUT2D eigenvalue weighted by atomic mass is 10.1. The highest BCUT2D eigenvalue weighted by atomic mass is 35.5. The van der Waals surface area contributed by atoms with Gasteiger partial charge >= 0.3 is 5.97 Å². The van der Waals surface area contributed by atoms with Crippen LogP contribution >= 0.6 is 23.2 Å². The molecule has 0 aliphatic carbocycles. The largest absolute Gasteiger partial charge is 0.477 e. The van der Waals surface area contributed by atoms with Crippen LogP contribution in [0.25, 0.3) is 0 Å². The van der Waals surface area contributed by atoms with Gasteiger partial charge in [0.15, 0.2) is 5.71 Å². The number of aliphatic carboxylic acids is 1. The van der Waals surface area contributed by atoms with Crippen LogP contribution in [0.2, 0.25) is 10.0 Å². The van der Waals surface area contributed by atoms with E-state index >= 15 is 0 Å². The van der Waals surface area contributed by atoms with E-state index in [-0.39, 0.29) is 12.1 Å². The summed E-state index contributed by atoms with van der Waals surface area (Å²) in [6.45, 7) is 0. The Morgan fingerprint density at radius 1 is 1.31 bits per heavy atom. The van der Waals surface area contributed by atoms with Crippen LogP contribution in [0.3, 0.4) is 0 Å². The van der Waals surface area contributed by atoms with Crippen molar-refractivity contribution in [1.29, 1.82) is 0 Å². The third-order valence-corrected chi connectivity index (χ3v) is 2.66. The minimum absolute atomic E-state index is 0.0148. The first-order valence-electron chi connectivity index (χ1n) is 4.40. The Hall–Kier alpha value is -1.39. The lowest BCUT2D eigenvalue weighted by Gasteiger charge is -2.03. The number of carbonyl (C=O) groups is 1. The minimum atomic E-state index is -1.07. The second-order valence-corrected chi connectivity index (χ2v) is 4.04. The molecule has 1 aromatic rings. The molecule has 1 aliphatic rings. The average Bonchev–Trinajstić information content (AvgIpc) is 2.66. The molecule has 0 atom stereocenters. The van der Waals surface area contributed by atoms with Gasteiger partial charge in [-0.05, 0) is 12.1 Å². The Labute approximate surface area is 101 Å². The third kappa shape index (κ3) is 2.08. The van der Waals surface area contributed by atoms with Gasteiger partial charge in [-0.2, -0.15) is 5.10 Å². The molecular formula is C10H6Cl2N2O2. The standard InChI is InChI=1S/C10H6Cl2N2O2/c11-5-1-2-6(7(12)3-5)8-4-9(10(15)16)14-13-8/h1-3H,4H2,(H,15,16). The van der Waals surface area contributed by atoms with Crippen molar-refractivity contribution < 1.29 is 9.90 Å². The first kappa shape index (κ1) is 11.1. The molecule has 82 valence electrons. The van der Waals surface area contributed by atoms with Crippen molar-refractivity contribution in [3.63, 3.8) is 0 Å². The summed E-state index contributed by atoms with van der Waals surface area (Å²) in [7, 11) is 0. The Morgan fingerprint density at radius 2 is 2.06 bits per heavy atom. The first-order valence-corrected chi connectivity index (χ1v) is 5.15. The maximum atomic E-state index is 10.7. The smallest absolute Gasteiger partial charge is 0.352 e. The molecule has 0 aromatic heterocycles. The first-order chi connectivity index (χ1) is 7.58. The lowest BCUT2D eigenvalue weighted by molar-refractivity contribution is -0.129. The van der Waals surface area contributed by atoms with Crippen LogP contribution in [0.1, 0.15) is 12.0 Å². The van der Waals surface area contributed by atoms with Gasteiger partial charge in [0.1, 0.15) is 0 Å². The van der Waals surface area contributed by atoms with Gasteiger partial charge in [-0.15, -0.1) is 5.10 Å². The van der Waals surface area contributed by atoms with Crippen LogP contribution < -0.4 is 0 Å². The highest BCUT2D eigenvalue weighted by molar-refractivity contribution is 6.43. The van der Waals surface area contributed by atoms with Gasteiger partial charge in [0, 0.05) is 17.0 Å². The molecule has 0 spiro atoms. The zero-order valence-electron chi connectivity index (χ0n) is 7.94. The van der Waals surface area contributed by atoms with Gasteiger partial charge in [0.05, 0.1) is 10.7 Å². The summed E-state index contributed by atoms with van der Waals surface area (Å²) in [5, 5.41) is 17.1. The predicted octanol–water partition coefficient (Wildman–Crippen LogP) is 2.63. The Kier molecular flexibility index (Phi) is 2.94. The molecule has 0 radical (unpaired) electrons. The van der Waals surface area contributed by atoms with E-state index in [9.17, 15) is 4.79 Å². The molecule has 2 rings (SSSR count). The molecule has 0 unspecified atom stereocenters. The molecule has 1 N–H and O–H groups in total. The van der Waals surface area contributed by atoms with E-state index in [0.29, 0.717) is 21.3 Å². The summed E-state index contributed by atoms with van der Waals surface area (Å²) >= 11 is 11.7. The fourth-order valence-corrected chi connectivity index (χ4v) is 1.86. The van der Waals surface area contributed by atoms with E-state index in [4.69, 9.17) is 28.3 Å². The Morgan fingerprint density at radius 3 is 2.62 bits per heavy atom. The van der Waals surface area contributed by atoms with E-state index in [1.54, 1.807) is 18.2 Å². The third-order valence-electron chi connectivity index (χ3n) is 2.12. The minimum Gasteiger partial charge on any atom is -0.477 e. The zero-order chi connectivity index (χ0) is 11.7. The number of halogens is 2. The highest BCUT2D eigenvalue weighted by Gasteiger charge is 2.21. The second kappa shape index (κ2) is 4.23. The monoisotopic (exact) mass is 256 g/mol. The molecule has 1 aromatic carbocycles. The van der Waals surface area contributed by atoms with Gasteiger partial charge in [-0.25, -0.2) is 4.79 Å². The molecule has 0 saturated heterocycles. The molecule has 1 aliphatic heterocycles. The van der Waals surface area contributed by atoms with Crippen LogP contribution in [0.15, 0.2) is 28.4 Å². The summed E-state index contributed by atoms with van der Waals surface area (Å²) < 4.78 is 0. The van der Waals surface area contributed by atoms with Gasteiger partial charge in [-0.3, -0.25) is 0 Å². The number of benzene rings is 1. The summed E-state index contributed by atoms with van der Waals surface area (Å²) in [5.41, 5.74) is 1.21. The molecule has 0 bridgehead atoms. The molecule has 0 amide bonds. The molecule has 16 heavy (non-hydrogen) atoms. The van der Waals surface area contributed by atoms with Crippen molar-refractivity contribution in [3.05, 3.63) is 33.8 Å². The molecular weight excluding hydrogens is 251 g/mol. The summed E-state index contributed by atoms with van der Waals surface area (Å²) in [6.07, 6.45) is 0.177. The van der Waals surface area contributed by atoms with E-state index in [2.05, 4.69) is 10.2 Å². The number of hydrogen-bond acceptors (Lipinski definition) is 3. The van der Waals surface area contributed by atoms with Crippen molar-refractivity contribution in [2.75, 3.05) is 0 Å². The maximum Gasteiger partial charge on any atom is 0.352 e. The van der Waals surface area contributed by atoms with Crippen LogP contribution in [0.4, 0.5) is 0 Å². The van der Waals surface area contributed by atoms with Crippen molar-refractivity contribution in [3.8, 4) is 0 Å². The van der Waals surface area contributed by atoms with Gasteiger partial charge in [0.25, 0.3) is 0 Å². The van der Waals surface area contributed by atoms with E-state index < -0.39 is 5.97 Å². The number of carboxylic acid groups (broad SMARTS) is 1. The number of rotatable bonds is 2. The molecule has 1 heterocycles.